The van der Waals surface area contributed by atoms with E-state index in [0.717, 1.165) is 32.7 Å². The molecular weight excluding hydrogens is 236 g/mol. The Hall–Kier alpha value is -0.900. The maximum atomic E-state index is 9.12. The minimum Gasteiger partial charge on any atom is -0.395 e. The summed E-state index contributed by atoms with van der Waals surface area (Å²) in [4.78, 5) is 4.95. The van der Waals surface area contributed by atoms with Gasteiger partial charge in [-0.05, 0) is 31.5 Å². The summed E-state index contributed by atoms with van der Waals surface area (Å²) < 4.78 is 0. The molecule has 0 radical (unpaired) electrons. The third-order valence-corrected chi connectivity index (χ3v) is 4.05. The molecule has 3 nitrogen and oxygen atoms in total. The van der Waals surface area contributed by atoms with Gasteiger partial charge in [0.1, 0.15) is 0 Å². The van der Waals surface area contributed by atoms with Gasteiger partial charge in [-0.2, -0.15) is 0 Å². The van der Waals surface area contributed by atoms with Crippen LogP contribution in [0.3, 0.4) is 0 Å². The SMILES string of the molecule is CCN(Cc1ccccc1)C[C@H]1CCCN1CCO. The van der Waals surface area contributed by atoms with Crippen LogP contribution in [0.15, 0.2) is 30.3 Å². The molecule has 0 spiro atoms. The van der Waals surface area contributed by atoms with Crippen LogP contribution in [0.2, 0.25) is 0 Å². The van der Waals surface area contributed by atoms with Crippen molar-refractivity contribution in [2.75, 3.05) is 32.8 Å². The minimum absolute atomic E-state index is 0.279. The number of β-amino-alcohol motifs (C(OH)–C–C–N with tert-alkyl or cyclic N) is 1. The van der Waals surface area contributed by atoms with Crippen LogP contribution in [0.25, 0.3) is 0 Å². The van der Waals surface area contributed by atoms with Crippen molar-refractivity contribution in [3.05, 3.63) is 35.9 Å². The monoisotopic (exact) mass is 262 g/mol. The lowest BCUT2D eigenvalue weighted by atomic mass is 10.1. The van der Waals surface area contributed by atoms with Gasteiger partial charge in [0.2, 0.25) is 0 Å². The Kier molecular flexibility index (Phi) is 5.83. The molecule has 0 aliphatic carbocycles. The van der Waals surface area contributed by atoms with Gasteiger partial charge in [-0.3, -0.25) is 9.80 Å². The Bertz CT molecular complexity index is 355. The molecule has 1 atom stereocenters. The van der Waals surface area contributed by atoms with E-state index in [0.29, 0.717) is 6.04 Å². The van der Waals surface area contributed by atoms with Crippen LogP contribution in [0.4, 0.5) is 0 Å². The van der Waals surface area contributed by atoms with Crippen molar-refractivity contribution >= 4 is 0 Å². The van der Waals surface area contributed by atoms with Gasteiger partial charge in [-0.25, -0.2) is 0 Å². The van der Waals surface area contributed by atoms with E-state index in [2.05, 4.69) is 47.1 Å². The van der Waals surface area contributed by atoms with E-state index < -0.39 is 0 Å². The molecule has 0 amide bonds. The fourth-order valence-corrected chi connectivity index (χ4v) is 2.97. The zero-order chi connectivity index (χ0) is 13.5. The third kappa shape index (κ3) is 4.30. The number of aliphatic hydroxyl groups is 1. The molecule has 0 aromatic heterocycles. The molecule has 1 aromatic rings. The summed E-state index contributed by atoms with van der Waals surface area (Å²) in [7, 11) is 0. The lowest BCUT2D eigenvalue weighted by Crippen LogP contribution is -2.41. The smallest absolute Gasteiger partial charge is 0.0558 e. The van der Waals surface area contributed by atoms with Crippen molar-refractivity contribution < 1.29 is 5.11 Å². The Morgan fingerprint density at radius 2 is 2.11 bits per heavy atom. The summed E-state index contributed by atoms with van der Waals surface area (Å²) in [6.07, 6.45) is 2.54. The van der Waals surface area contributed by atoms with E-state index in [4.69, 9.17) is 5.11 Å². The lowest BCUT2D eigenvalue weighted by Gasteiger charge is -2.29. The van der Waals surface area contributed by atoms with Crippen LogP contribution in [-0.4, -0.2) is 53.7 Å². The Morgan fingerprint density at radius 3 is 2.79 bits per heavy atom. The highest BCUT2D eigenvalue weighted by molar-refractivity contribution is 5.14. The summed E-state index contributed by atoms with van der Waals surface area (Å²) in [5.41, 5.74) is 1.39. The highest BCUT2D eigenvalue weighted by atomic mass is 16.3. The Morgan fingerprint density at radius 1 is 1.32 bits per heavy atom. The second-order valence-corrected chi connectivity index (χ2v) is 5.37. The second-order valence-electron chi connectivity index (χ2n) is 5.37. The van der Waals surface area contributed by atoms with E-state index >= 15 is 0 Å². The Balaban J connectivity index is 1.88. The molecule has 106 valence electrons. The fourth-order valence-electron chi connectivity index (χ4n) is 2.97. The van der Waals surface area contributed by atoms with Crippen molar-refractivity contribution in [2.24, 2.45) is 0 Å². The van der Waals surface area contributed by atoms with Gasteiger partial charge in [0.25, 0.3) is 0 Å². The summed E-state index contributed by atoms with van der Waals surface area (Å²) in [6.45, 7) is 7.71. The van der Waals surface area contributed by atoms with E-state index in [1.807, 2.05) is 0 Å². The van der Waals surface area contributed by atoms with Crippen molar-refractivity contribution in [1.29, 1.82) is 0 Å². The summed E-state index contributed by atoms with van der Waals surface area (Å²) in [5.74, 6) is 0. The molecule has 1 aromatic carbocycles. The van der Waals surface area contributed by atoms with E-state index in [-0.39, 0.29) is 6.61 Å². The van der Waals surface area contributed by atoms with Crippen molar-refractivity contribution in [2.45, 2.75) is 32.4 Å². The third-order valence-electron chi connectivity index (χ3n) is 4.05. The van der Waals surface area contributed by atoms with Crippen LogP contribution in [0, 0.1) is 0 Å². The number of nitrogens with zero attached hydrogens (tertiary/aromatic N) is 2. The number of likely N-dealkylation sites (tertiary alicyclic amines) is 1. The zero-order valence-electron chi connectivity index (χ0n) is 12.0. The first-order valence-corrected chi connectivity index (χ1v) is 7.44. The maximum absolute atomic E-state index is 9.12. The number of hydrogen-bond donors (Lipinski definition) is 1. The summed E-state index contributed by atoms with van der Waals surface area (Å²) >= 11 is 0. The molecular formula is C16H26N2O. The number of rotatable bonds is 7. The van der Waals surface area contributed by atoms with Gasteiger partial charge in [-0.1, -0.05) is 37.3 Å². The molecule has 1 N–H and O–H groups in total. The molecule has 3 heteroatoms. The largest absolute Gasteiger partial charge is 0.395 e. The van der Waals surface area contributed by atoms with E-state index in [9.17, 15) is 0 Å². The molecule has 0 unspecified atom stereocenters. The van der Waals surface area contributed by atoms with Crippen molar-refractivity contribution in [3.8, 4) is 0 Å². The number of benzene rings is 1. The summed E-state index contributed by atoms with van der Waals surface area (Å²) in [5, 5.41) is 9.12. The topological polar surface area (TPSA) is 26.7 Å². The van der Waals surface area contributed by atoms with Crippen LogP contribution >= 0.6 is 0 Å². The first kappa shape index (κ1) is 14.5. The first-order chi connectivity index (χ1) is 9.33. The maximum Gasteiger partial charge on any atom is 0.0558 e. The molecule has 19 heavy (non-hydrogen) atoms. The van der Waals surface area contributed by atoms with Gasteiger partial charge in [0.05, 0.1) is 6.61 Å². The van der Waals surface area contributed by atoms with Crippen LogP contribution in [0.1, 0.15) is 25.3 Å². The van der Waals surface area contributed by atoms with Crippen LogP contribution < -0.4 is 0 Å². The second kappa shape index (κ2) is 7.63. The van der Waals surface area contributed by atoms with E-state index in [1.165, 1.54) is 18.4 Å². The quantitative estimate of drug-likeness (QED) is 0.814. The minimum atomic E-state index is 0.279. The van der Waals surface area contributed by atoms with Crippen molar-refractivity contribution in [3.63, 3.8) is 0 Å². The van der Waals surface area contributed by atoms with E-state index in [1.54, 1.807) is 0 Å². The molecule has 1 aliphatic heterocycles. The average Bonchev–Trinajstić information content (AvgIpc) is 2.87. The number of likely N-dealkylation sites (N-methyl/N-ethyl adjacent to an activating group) is 1. The van der Waals surface area contributed by atoms with Gasteiger partial charge < -0.3 is 5.11 Å². The van der Waals surface area contributed by atoms with Gasteiger partial charge in [0, 0.05) is 25.7 Å². The number of aliphatic hydroxyl groups excluding tert-OH is 1. The van der Waals surface area contributed by atoms with Gasteiger partial charge in [0.15, 0.2) is 0 Å². The molecule has 1 saturated heterocycles. The van der Waals surface area contributed by atoms with Gasteiger partial charge in [-0.15, -0.1) is 0 Å². The average molecular weight is 262 g/mol. The highest BCUT2D eigenvalue weighted by Crippen LogP contribution is 2.18. The summed E-state index contributed by atoms with van der Waals surface area (Å²) in [6, 6.07) is 11.3. The Labute approximate surface area is 116 Å². The predicted molar refractivity (Wildman–Crippen MR) is 79.1 cm³/mol. The van der Waals surface area contributed by atoms with Gasteiger partial charge >= 0.3 is 0 Å². The van der Waals surface area contributed by atoms with Crippen molar-refractivity contribution in [1.82, 2.24) is 9.80 Å². The molecule has 1 heterocycles. The fraction of sp³-hybridized carbons (Fsp3) is 0.625. The lowest BCUT2D eigenvalue weighted by molar-refractivity contribution is 0.144. The molecule has 2 rings (SSSR count). The molecule has 1 fully saturated rings. The normalized spacial score (nSPS) is 20.3. The molecule has 0 bridgehead atoms. The first-order valence-electron chi connectivity index (χ1n) is 7.44. The zero-order valence-corrected chi connectivity index (χ0v) is 12.0. The standard InChI is InChI=1S/C16H26N2O/c1-2-17(13-15-7-4-3-5-8-15)14-16-9-6-10-18(16)11-12-19/h3-5,7-8,16,19H,2,6,9-14H2,1H3/t16-/m1/s1. The predicted octanol–water partition coefficient (Wildman–Crippen LogP) is 1.97. The molecule has 1 aliphatic rings. The molecule has 0 saturated carbocycles. The van der Waals surface area contributed by atoms with Crippen LogP contribution in [0.5, 0.6) is 0 Å². The number of hydrogen-bond acceptors (Lipinski definition) is 3. The van der Waals surface area contributed by atoms with Crippen LogP contribution in [-0.2, 0) is 6.54 Å². The highest BCUT2D eigenvalue weighted by Gasteiger charge is 2.25.